The van der Waals surface area contributed by atoms with Crippen molar-refractivity contribution < 1.29 is 4.74 Å². The van der Waals surface area contributed by atoms with Crippen LogP contribution in [-0.4, -0.2) is 12.6 Å². The average molecular weight is 233 g/mol. The summed E-state index contributed by atoms with van der Waals surface area (Å²) in [7, 11) is 0. The molecule has 0 unspecified atom stereocenters. The van der Waals surface area contributed by atoms with Crippen molar-refractivity contribution >= 4 is 0 Å². The second kappa shape index (κ2) is 6.06. The van der Waals surface area contributed by atoms with Crippen LogP contribution in [0.1, 0.15) is 38.2 Å². The van der Waals surface area contributed by atoms with Gasteiger partial charge in [0.1, 0.15) is 5.75 Å². The molecule has 0 saturated heterocycles. The van der Waals surface area contributed by atoms with Crippen LogP contribution < -0.4 is 10.5 Å². The topological polar surface area (TPSA) is 35.2 Å². The van der Waals surface area contributed by atoms with Crippen molar-refractivity contribution in [3.05, 3.63) is 29.8 Å². The van der Waals surface area contributed by atoms with Crippen LogP contribution in [0.15, 0.2) is 24.3 Å². The Morgan fingerprint density at radius 2 is 2.00 bits per heavy atom. The van der Waals surface area contributed by atoms with Crippen LogP contribution in [0.5, 0.6) is 5.75 Å². The van der Waals surface area contributed by atoms with Crippen LogP contribution in [0.4, 0.5) is 0 Å². The van der Waals surface area contributed by atoms with Crippen molar-refractivity contribution in [2.24, 2.45) is 11.7 Å². The molecular weight excluding hydrogens is 210 g/mol. The standard InChI is InChI=1S/C15H23NO/c1-12-5-7-14(8-6-12)17-15-4-2-3-13(11-15)9-10-16/h2-4,11-12,14H,5-10,16H2,1H3. The Bertz CT molecular complexity index is 343. The predicted octanol–water partition coefficient (Wildman–Crippen LogP) is 3.15. The Morgan fingerprint density at radius 1 is 1.24 bits per heavy atom. The lowest BCUT2D eigenvalue weighted by atomic mass is 9.89. The first-order valence-electron chi connectivity index (χ1n) is 6.73. The van der Waals surface area contributed by atoms with Crippen LogP contribution in [0, 0.1) is 5.92 Å². The van der Waals surface area contributed by atoms with Gasteiger partial charge in [0.05, 0.1) is 6.10 Å². The van der Waals surface area contributed by atoms with Crippen molar-refractivity contribution in [3.8, 4) is 5.75 Å². The van der Waals surface area contributed by atoms with Gasteiger partial charge in [0.15, 0.2) is 0 Å². The van der Waals surface area contributed by atoms with E-state index >= 15 is 0 Å². The smallest absolute Gasteiger partial charge is 0.119 e. The molecule has 17 heavy (non-hydrogen) atoms. The lowest BCUT2D eigenvalue weighted by molar-refractivity contribution is 0.135. The van der Waals surface area contributed by atoms with E-state index in [1.54, 1.807) is 0 Å². The quantitative estimate of drug-likeness (QED) is 0.867. The summed E-state index contributed by atoms with van der Waals surface area (Å²) in [4.78, 5) is 0. The molecule has 0 bridgehead atoms. The van der Waals surface area contributed by atoms with Gasteiger partial charge >= 0.3 is 0 Å². The van der Waals surface area contributed by atoms with Crippen LogP contribution in [0.3, 0.4) is 0 Å². The fourth-order valence-electron chi connectivity index (χ4n) is 2.48. The fraction of sp³-hybridized carbons (Fsp3) is 0.600. The van der Waals surface area contributed by atoms with Gasteiger partial charge < -0.3 is 10.5 Å². The SMILES string of the molecule is CC1CCC(Oc2cccc(CCN)c2)CC1. The molecule has 94 valence electrons. The van der Waals surface area contributed by atoms with E-state index in [0.29, 0.717) is 12.6 Å². The van der Waals surface area contributed by atoms with Crippen LogP contribution in [-0.2, 0) is 6.42 Å². The largest absolute Gasteiger partial charge is 0.490 e. The molecule has 1 aliphatic rings. The summed E-state index contributed by atoms with van der Waals surface area (Å²) < 4.78 is 6.05. The van der Waals surface area contributed by atoms with Crippen LogP contribution >= 0.6 is 0 Å². The highest BCUT2D eigenvalue weighted by Gasteiger charge is 2.19. The molecule has 1 aromatic carbocycles. The van der Waals surface area contributed by atoms with Gasteiger partial charge in [0.25, 0.3) is 0 Å². The molecule has 0 radical (unpaired) electrons. The summed E-state index contributed by atoms with van der Waals surface area (Å²) in [6, 6.07) is 8.36. The van der Waals surface area contributed by atoms with E-state index in [2.05, 4.69) is 31.2 Å². The van der Waals surface area contributed by atoms with Gasteiger partial charge in [-0.2, -0.15) is 0 Å². The molecule has 2 nitrogen and oxygen atoms in total. The molecule has 0 spiro atoms. The number of hydrogen-bond acceptors (Lipinski definition) is 2. The maximum absolute atomic E-state index is 6.05. The minimum Gasteiger partial charge on any atom is -0.490 e. The minimum absolute atomic E-state index is 0.416. The molecule has 1 saturated carbocycles. The van der Waals surface area contributed by atoms with Crippen LogP contribution in [0.25, 0.3) is 0 Å². The molecule has 0 amide bonds. The third kappa shape index (κ3) is 3.74. The van der Waals surface area contributed by atoms with Gasteiger partial charge in [0, 0.05) is 0 Å². The molecule has 0 aromatic heterocycles. The second-order valence-electron chi connectivity index (χ2n) is 5.19. The lowest BCUT2D eigenvalue weighted by Gasteiger charge is -2.27. The number of ether oxygens (including phenoxy) is 1. The van der Waals surface area contributed by atoms with E-state index in [-0.39, 0.29) is 0 Å². The lowest BCUT2D eigenvalue weighted by Crippen LogP contribution is -2.23. The first-order valence-corrected chi connectivity index (χ1v) is 6.73. The Balaban J connectivity index is 1.91. The zero-order chi connectivity index (χ0) is 12.1. The molecule has 0 atom stereocenters. The highest BCUT2D eigenvalue weighted by atomic mass is 16.5. The maximum Gasteiger partial charge on any atom is 0.119 e. The Hall–Kier alpha value is -1.02. The third-order valence-corrected chi connectivity index (χ3v) is 3.60. The van der Waals surface area contributed by atoms with E-state index in [1.807, 2.05) is 0 Å². The summed E-state index contributed by atoms with van der Waals surface area (Å²) in [5.41, 5.74) is 6.84. The molecule has 1 fully saturated rings. The molecule has 2 rings (SSSR count). The third-order valence-electron chi connectivity index (χ3n) is 3.60. The molecular formula is C15H23NO. The van der Waals surface area contributed by atoms with Gasteiger partial charge in [-0.1, -0.05) is 19.1 Å². The monoisotopic (exact) mass is 233 g/mol. The van der Waals surface area contributed by atoms with Crippen molar-refractivity contribution in [3.63, 3.8) is 0 Å². The zero-order valence-electron chi connectivity index (χ0n) is 10.7. The van der Waals surface area contributed by atoms with E-state index in [0.717, 1.165) is 18.1 Å². The number of hydrogen-bond donors (Lipinski definition) is 1. The molecule has 0 aliphatic heterocycles. The zero-order valence-corrected chi connectivity index (χ0v) is 10.7. The number of nitrogens with two attached hydrogens (primary N) is 1. The maximum atomic E-state index is 6.05. The molecule has 1 aromatic rings. The molecule has 2 N–H and O–H groups in total. The van der Waals surface area contributed by atoms with E-state index in [4.69, 9.17) is 10.5 Å². The van der Waals surface area contributed by atoms with E-state index < -0.39 is 0 Å². The van der Waals surface area contributed by atoms with E-state index in [9.17, 15) is 0 Å². The predicted molar refractivity (Wildman–Crippen MR) is 71.2 cm³/mol. The Morgan fingerprint density at radius 3 is 2.71 bits per heavy atom. The van der Waals surface area contributed by atoms with Gasteiger partial charge in [-0.15, -0.1) is 0 Å². The highest BCUT2D eigenvalue weighted by molar-refractivity contribution is 5.28. The van der Waals surface area contributed by atoms with Crippen LogP contribution in [0.2, 0.25) is 0 Å². The first-order chi connectivity index (χ1) is 8.28. The van der Waals surface area contributed by atoms with Crippen molar-refractivity contribution in [2.45, 2.75) is 45.1 Å². The fourth-order valence-corrected chi connectivity index (χ4v) is 2.48. The van der Waals surface area contributed by atoms with E-state index in [1.165, 1.54) is 31.2 Å². The summed E-state index contributed by atoms with van der Waals surface area (Å²) in [5, 5.41) is 0. The summed E-state index contributed by atoms with van der Waals surface area (Å²) in [6.45, 7) is 3.03. The Kier molecular flexibility index (Phi) is 4.43. The van der Waals surface area contributed by atoms with Gasteiger partial charge in [0.2, 0.25) is 0 Å². The second-order valence-corrected chi connectivity index (χ2v) is 5.19. The van der Waals surface area contributed by atoms with Crippen molar-refractivity contribution in [2.75, 3.05) is 6.54 Å². The molecule has 2 heteroatoms. The summed E-state index contributed by atoms with van der Waals surface area (Å²) >= 11 is 0. The highest BCUT2D eigenvalue weighted by Crippen LogP contribution is 2.27. The van der Waals surface area contributed by atoms with Crippen molar-refractivity contribution in [1.29, 1.82) is 0 Å². The van der Waals surface area contributed by atoms with Crippen molar-refractivity contribution in [1.82, 2.24) is 0 Å². The van der Waals surface area contributed by atoms with Gasteiger partial charge in [-0.3, -0.25) is 0 Å². The summed E-state index contributed by atoms with van der Waals surface area (Å²) in [6.07, 6.45) is 6.34. The minimum atomic E-state index is 0.416. The molecule has 0 heterocycles. The average Bonchev–Trinajstić information content (AvgIpc) is 2.33. The van der Waals surface area contributed by atoms with Gasteiger partial charge in [-0.05, 0) is 62.3 Å². The first kappa shape index (κ1) is 12.4. The number of rotatable bonds is 4. The number of benzene rings is 1. The Labute approximate surface area is 104 Å². The normalized spacial score (nSPS) is 24.6. The molecule has 1 aliphatic carbocycles. The van der Waals surface area contributed by atoms with Gasteiger partial charge in [-0.25, -0.2) is 0 Å². The summed E-state index contributed by atoms with van der Waals surface area (Å²) in [5.74, 6) is 1.88.